The molecule has 1 heterocycles. The van der Waals surface area contributed by atoms with Crippen molar-refractivity contribution in [3.05, 3.63) is 0 Å². The largest absolute Gasteiger partial charge is 0.341 e. The van der Waals surface area contributed by atoms with E-state index < -0.39 is 0 Å². The summed E-state index contributed by atoms with van der Waals surface area (Å²) in [5, 5.41) is 3.46. The van der Waals surface area contributed by atoms with E-state index in [1.165, 1.54) is 25.7 Å². The minimum absolute atomic E-state index is 0.367. The summed E-state index contributed by atoms with van der Waals surface area (Å²) >= 11 is 0. The number of hydrogen-bond acceptors (Lipinski definition) is 2. The van der Waals surface area contributed by atoms with Gasteiger partial charge < -0.3 is 10.2 Å². The number of amides is 1. The van der Waals surface area contributed by atoms with Crippen molar-refractivity contribution in [3.63, 3.8) is 0 Å². The summed E-state index contributed by atoms with van der Waals surface area (Å²) in [5.41, 5.74) is 0. The zero-order chi connectivity index (χ0) is 10.7. The van der Waals surface area contributed by atoms with Gasteiger partial charge in [-0.05, 0) is 25.2 Å². The monoisotopic (exact) mass is 210 g/mol. The fourth-order valence-electron chi connectivity index (χ4n) is 2.36. The van der Waals surface area contributed by atoms with E-state index in [-0.39, 0.29) is 0 Å². The zero-order valence-electron chi connectivity index (χ0n) is 9.67. The molecule has 1 saturated carbocycles. The molecule has 1 unspecified atom stereocenters. The minimum atomic E-state index is 0.367. The van der Waals surface area contributed by atoms with Crippen molar-refractivity contribution in [2.24, 2.45) is 5.92 Å². The summed E-state index contributed by atoms with van der Waals surface area (Å²) in [6, 6.07) is 0.758. The van der Waals surface area contributed by atoms with E-state index in [4.69, 9.17) is 0 Å². The fourth-order valence-corrected chi connectivity index (χ4v) is 2.36. The van der Waals surface area contributed by atoms with Crippen molar-refractivity contribution < 1.29 is 4.79 Å². The lowest BCUT2D eigenvalue weighted by Gasteiger charge is -2.16. The van der Waals surface area contributed by atoms with Crippen molar-refractivity contribution in [1.29, 1.82) is 0 Å². The molecular weight excluding hydrogens is 188 g/mol. The Labute approximate surface area is 92.2 Å². The molecule has 2 rings (SSSR count). The molecule has 1 aliphatic carbocycles. The maximum atomic E-state index is 11.6. The smallest absolute Gasteiger partial charge is 0.222 e. The van der Waals surface area contributed by atoms with Crippen LogP contribution in [0.5, 0.6) is 0 Å². The van der Waals surface area contributed by atoms with E-state index in [0.717, 1.165) is 32.1 Å². The first-order valence-corrected chi connectivity index (χ1v) is 6.30. The fraction of sp³-hybridized carbons (Fsp3) is 0.917. The molecule has 0 spiro atoms. The lowest BCUT2D eigenvalue weighted by molar-refractivity contribution is -0.127. The van der Waals surface area contributed by atoms with Crippen LogP contribution in [-0.2, 0) is 4.79 Å². The van der Waals surface area contributed by atoms with E-state index >= 15 is 0 Å². The SMILES string of the molecule is CCCC1CC(=O)N(CCNC2CC2)C1. The third-order valence-electron chi connectivity index (χ3n) is 3.38. The van der Waals surface area contributed by atoms with E-state index in [1.807, 2.05) is 4.90 Å². The average Bonchev–Trinajstić information content (AvgIpc) is 2.94. The van der Waals surface area contributed by atoms with Crippen LogP contribution in [0.15, 0.2) is 0 Å². The summed E-state index contributed by atoms with van der Waals surface area (Å²) in [6.07, 6.45) is 5.85. The topological polar surface area (TPSA) is 32.3 Å². The van der Waals surface area contributed by atoms with Crippen LogP contribution in [0, 0.1) is 5.92 Å². The second kappa shape index (κ2) is 4.97. The van der Waals surface area contributed by atoms with Crippen LogP contribution in [0.4, 0.5) is 0 Å². The summed E-state index contributed by atoms with van der Waals surface area (Å²) < 4.78 is 0. The predicted molar refractivity (Wildman–Crippen MR) is 60.6 cm³/mol. The predicted octanol–water partition coefficient (Wildman–Crippen LogP) is 1.39. The molecular formula is C12H22N2O. The van der Waals surface area contributed by atoms with Gasteiger partial charge in [-0.2, -0.15) is 0 Å². The van der Waals surface area contributed by atoms with E-state index in [0.29, 0.717) is 11.8 Å². The first-order valence-electron chi connectivity index (χ1n) is 6.30. The van der Waals surface area contributed by atoms with Gasteiger partial charge in [-0.25, -0.2) is 0 Å². The van der Waals surface area contributed by atoms with E-state index in [2.05, 4.69) is 12.2 Å². The molecule has 1 atom stereocenters. The highest BCUT2D eigenvalue weighted by molar-refractivity contribution is 5.78. The van der Waals surface area contributed by atoms with Crippen molar-refractivity contribution in [3.8, 4) is 0 Å². The molecule has 3 nitrogen and oxygen atoms in total. The molecule has 86 valence electrons. The molecule has 15 heavy (non-hydrogen) atoms. The van der Waals surface area contributed by atoms with Gasteiger partial charge in [0.25, 0.3) is 0 Å². The highest BCUT2D eigenvalue weighted by Crippen LogP contribution is 2.22. The second-order valence-corrected chi connectivity index (χ2v) is 4.93. The van der Waals surface area contributed by atoms with Gasteiger partial charge in [0, 0.05) is 32.1 Å². The molecule has 2 aliphatic rings. The normalized spacial score (nSPS) is 26.3. The number of nitrogens with one attached hydrogen (secondary N) is 1. The number of likely N-dealkylation sites (tertiary alicyclic amines) is 1. The molecule has 0 radical (unpaired) electrons. The molecule has 0 bridgehead atoms. The lowest BCUT2D eigenvalue weighted by atomic mass is 10.0. The third-order valence-corrected chi connectivity index (χ3v) is 3.38. The lowest BCUT2D eigenvalue weighted by Crippen LogP contribution is -2.34. The van der Waals surface area contributed by atoms with Crippen LogP contribution in [-0.4, -0.2) is 36.5 Å². The number of nitrogens with zero attached hydrogens (tertiary/aromatic N) is 1. The van der Waals surface area contributed by atoms with Gasteiger partial charge in [-0.15, -0.1) is 0 Å². The molecule has 0 aromatic carbocycles. The van der Waals surface area contributed by atoms with Gasteiger partial charge in [0.05, 0.1) is 0 Å². The van der Waals surface area contributed by atoms with Gasteiger partial charge in [0.2, 0.25) is 5.91 Å². The highest BCUT2D eigenvalue weighted by atomic mass is 16.2. The molecule has 1 saturated heterocycles. The first-order chi connectivity index (χ1) is 7.29. The van der Waals surface area contributed by atoms with Gasteiger partial charge >= 0.3 is 0 Å². The Morgan fingerprint density at radius 2 is 2.27 bits per heavy atom. The highest BCUT2D eigenvalue weighted by Gasteiger charge is 2.28. The Hall–Kier alpha value is -0.570. The summed E-state index contributed by atoms with van der Waals surface area (Å²) in [6.45, 7) is 5.09. The molecule has 2 fully saturated rings. The minimum Gasteiger partial charge on any atom is -0.341 e. The van der Waals surface area contributed by atoms with Crippen LogP contribution in [0.3, 0.4) is 0 Å². The molecule has 3 heteroatoms. The van der Waals surface area contributed by atoms with Crippen LogP contribution >= 0.6 is 0 Å². The van der Waals surface area contributed by atoms with Crippen molar-refractivity contribution in [2.75, 3.05) is 19.6 Å². The van der Waals surface area contributed by atoms with Gasteiger partial charge in [-0.1, -0.05) is 13.3 Å². The summed E-state index contributed by atoms with van der Waals surface area (Å²) in [4.78, 5) is 13.7. The van der Waals surface area contributed by atoms with Crippen molar-refractivity contribution >= 4 is 5.91 Å². The van der Waals surface area contributed by atoms with Gasteiger partial charge in [-0.3, -0.25) is 4.79 Å². The number of rotatable bonds is 6. The van der Waals surface area contributed by atoms with Crippen LogP contribution in [0.2, 0.25) is 0 Å². The summed E-state index contributed by atoms with van der Waals surface area (Å²) in [7, 11) is 0. The Balaban J connectivity index is 1.65. The maximum absolute atomic E-state index is 11.6. The third kappa shape index (κ3) is 3.20. The maximum Gasteiger partial charge on any atom is 0.222 e. The molecule has 1 aliphatic heterocycles. The number of hydrogen-bond donors (Lipinski definition) is 1. The molecule has 1 N–H and O–H groups in total. The number of carbonyl (C=O) groups is 1. The second-order valence-electron chi connectivity index (χ2n) is 4.93. The van der Waals surface area contributed by atoms with Gasteiger partial charge in [0.15, 0.2) is 0 Å². The standard InChI is InChI=1S/C12H22N2O/c1-2-3-10-8-12(15)14(9-10)7-6-13-11-4-5-11/h10-11,13H,2-9H2,1H3. The molecule has 0 aromatic heterocycles. The van der Waals surface area contributed by atoms with Crippen LogP contribution in [0.1, 0.15) is 39.0 Å². The Kier molecular flexibility index (Phi) is 3.62. The quantitative estimate of drug-likeness (QED) is 0.718. The molecule has 0 aromatic rings. The Bertz CT molecular complexity index is 226. The van der Waals surface area contributed by atoms with Crippen molar-refractivity contribution in [1.82, 2.24) is 10.2 Å². The summed E-state index contributed by atoms with van der Waals surface area (Å²) in [5.74, 6) is 0.995. The van der Waals surface area contributed by atoms with Crippen molar-refractivity contribution in [2.45, 2.75) is 45.1 Å². The van der Waals surface area contributed by atoms with Crippen LogP contribution < -0.4 is 5.32 Å². The first kappa shape index (κ1) is 10.9. The van der Waals surface area contributed by atoms with E-state index in [9.17, 15) is 4.79 Å². The molecule has 1 amide bonds. The Morgan fingerprint density at radius 3 is 2.93 bits per heavy atom. The Morgan fingerprint density at radius 1 is 1.47 bits per heavy atom. The van der Waals surface area contributed by atoms with Gasteiger partial charge in [0.1, 0.15) is 0 Å². The average molecular weight is 210 g/mol. The van der Waals surface area contributed by atoms with E-state index in [1.54, 1.807) is 0 Å². The zero-order valence-corrected chi connectivity index (χ0v) is 9.67. The number of carbonyl (C=O) groups excluding carboxylic acids is 1. The van der Waals surface area contributed by atoms with Crippen LogP contribution in [0.25, 0.3) is 0 Å².